The molecule has 1 rings (SSSR count). The molecule has 2 N–H and O–H groups in total. The maximum atomic E-state index is 13.7. The van der Waals surface area contributed by atoms with E-state index in [1.807, 2.05) is 0 Å². The number of carbonyl (C=O) groups is 1. The summed E-state index contributed by atoms with van der Waals surface area (Å²) in [6, 6.07) is 2.29. The van der Waals surface area contributed by atoms with Gasteiger partial charge in [-0.1, -0.05) is 20.8 Å². The van der Waals surface area contributed by atoms with E-state index in [-0.39, 0.29) is 30.4 Å². The fourth-order valence-corrected chi connectivity index (χ4v) is 1.65. The molecule has 0 aliphatic carbocycles. The van der Waals surface area contributed by atoms with E-state index in [2.05, 4.69) is 10.6 Å². The van der Waals surface area contributed by atoms with Crippen LogP contribution in [0.4, 0.5) is 15.8 Å². The summed E-state index contributed by atoms with van der Waals surface area (Å²) in [6.07, 6.45) is 0. The molecule has 0 saturated carbocycles. The van der Waals surface area contributed by atoms with Gasteiger partial charge in [0.25, 0.3) is 0 Å². The number of nitrogens with zero attached hydrogens (tertiary/aromatic N) is 1. The van der Waals surface area contributed by atoms with Crippen LogP contribution in [0.5, 0.6) is 5.75 Å². The van der Waals surface area contributed by atoms with Gasteiger partial charge in [-0.15, -0.1) is 0 Å². The summed E-state index contributed by atoms with van der Waals surface area (Å²) in [7, 11) is 1.34. The maximum absolute atomic E-state index is 13.7. The first-order chi connectivity index (χ1) is 10.2. The fourth-order valence-electron chi connectivity index (χ4n) is 1.65. The van der Waals surface area contributed by atoms with E-state index in [1.54, 1.807) is 20.8 Å². The third kappa shape index (κ3) is 4.57. The Morgan fingerprint density at radius 2 is 2.00 bits per heavy atom. The predicted octanol–water partition coefficient (Wildman–Crippen LogP) is 2.32. The molecule has 0 unspecified atom stereocenters. The number of hydrogen-bond acceptors (Lipinski definition) is 5. The molecule has 1 aromatic carbocycles. The van der Waals surface area contributed by atoms with Gasteiger partial charge in [-0.2, -0.15) is 4.39 Å². The number of anilines is 1. The molecule has 7 nitrogen and oxygen atoms in total. The summed E-state index contributed by atoms with van der Waals surface area (Å²) in [5.41, 5.74) is -1.16. The molecule has 0 radical (unpaired) electrons. The van der Waals surface area contributed by atoms with E-state index >= 15 is 0 Å². The number of ether oxygens (including phenoxy) is 1. The minimum absolute atomic E-state index is 0.00635. The molecule has 122 valence electrons. The van der Waals surface area contributed by atoms with Gasteiger partial charge in [-0.05, 0) is 0 Å². The zero-order valence-electron chi connectivity index (χ0n) is 13.0. The third-order valence-electron chi connectivity index (χ3n) is 2.86. The molecule has 0 spiro atoms. The van der Waals surface area contributed by atoms with Gasteiger partial charge in [-0.3, -0.25) is 14.9 Å². The Bertz CT molecular complexity index is 570. The molecular formula is C14H20FN3O4. The van der Waals surface area contributed by atoms with Crippen molar-refractivity contribution < 1.29 is 18.8 Å². The van der Waals surface area contributed by atoms with Gasteiger partial charge < -0.3 is 15.4 Å². The molecule has 8 heteroatoms. The highest BCUT2D eigenvalue weighted by Gasteiger charge is 2.23. The van der Waals surface area contributed by atoms with Gasteiger partial charge in [0.15, 0.2) is 0 Å². The molecule has 1 amide bonds. The van der Waals surface area contributed by atoms with Gasteiger partial charge in [0.1, 0.15) is 11.4 Å². The lowest BCUT2D eigenvalue weighted by Gasteiger charge is -2.18. The third-order valence-corrected chi connectivity index (χ3v) is 2.86. The van der Waals surface area contributed by atoms with Crippen molar-refractivity contribution in [2.45, 2.75) is 20.8 Å². The van der Waals surface area contributed by atoms with Crippen molar-refractivity contribution in [3.63, 3.8) is 0 Å². The Morgan fingerprint density at radius 3 is 2.50 bits per heavy atom. The maximum Gasteiger partial charge on any atom is 0.327 e. The van der Waals surface area contributed by atoms with E-state index in [9.17, 15) is 19.3 Å². The zero-order valence-corrected chi connectivity index (χ0v) is 13.0. The Labute approximate surface area is 128 Å². The molecule has 0 aliphatic heterocycles. The normalized spacial score (nSPS) is 11.0. The highest BCUT2D eigenvalue weighted by Crippen LogP contribution is 2.32. The van der Waals surface area contributed by atoms with Crippen molar-refractivity contribution in [2.75, 3.05) is 25.5 Å². The lowest BCUT2D eigenvalue weighted by molar-refractivity contribution is -0.386. The molecule has 0 atom stereocenters. The van der Waals surface area contributed by atoms with Crippen molar-refractivity contribution >= 4 is 17.3 Å². The number of methoxy groups -OCH3 is 1. The van der Waals surface area contributed by atoms with Crippen LogP contribution in [0.25, 0.3) is 0 Å². The monoisotopic (exact) mass is 313 g/mol. The number of nitro groups is 1. The summed E-state index contributed by atoms with van der Waals surface area (Å²) >= 11 is 0. The molecule has 0 fully saturated rings. The largest absolute Gasteiger partial charge is 0.497 e. The number of amides is 1. The minimum atomic E-state index is -0.981. The predicted molar refractivity (Wildman–Crippen MR) is 80.6 cm³/mol. The summed E-state index contributed by atoms with van der Waals surface area (Å²) in [6.45, 7) is 5.80. The Kier molecular flexibility index (Phi) is 5.67. The number of benzene rings is 1. The van der Waals surface area contributed by atoms with Gasteiger partial charge >= 0.3 is 5.69 Å². The molecule has 0 bridgehead atoms. The van der Waals surface area contributed by atoms with Crippen LogP contribution in [0.2, 0.25) is 0 Å². The van der Waals surface area contributed by atoms with E-state index in [4.69, 9.17) is 4.74 Å². The molecule has 0 aromatic heterocycles. The highest BCUT2D eigenvalue weighted by atomic mass is 19.1. The number of nitro benzene ring substituents is 1. The first kappa shape index (κ1) is 17.7. The van der Waals surface area contributed by atoms with E-state index < -0.39 is 21.8 Å². The van der Waals surface area contributed by atoms with Gasteiger partial charge in [-0.25, -0.2) is 0 Å². The standard InChI is InChI=1S/C14H20FN3O4/c1-14(2,3)13(19)17-6-5-16-11-8-9(22-4)7-10(15)12(11)18(20)21/h7-8,16H,5-6H2,1-4H3,(H,17,19). The Balaban J connectivity index is 2.75. The smallest absolute Gasteiger partial charge is 0.327 e. The van der Waals surface area contributed by atoms with Crippen molar-refractivity contribution in [3.8, 4) is 5.75 Å². The summed E-state index contributed by atoms with van der Waals surface area (Å²) in [5.74, 6) is -0.949. The van der Waals surface area contributed by atoms with Crippen LogP contribution in [0.15, 0.2) is 12.1 Å². The SMILES string of the molecule is COc1cc(F)c([N+](=O)[O-])c(NCCNC(=O)C(C)(C)C)c1. The molecule has 0 saturated heterocycles. The first-order valence-electron chi connectivity index (χ1n) is 6.71. The van der Waals surface area contributed by atoms with Crippen molar-refractivity contribution in [2.24, 2.45) is 5.41 Å². The zero-order chi connectivity index (χ0) is 16.9. The van der Waals surface area contributed by atoms with Crippen LogP contribution >= 0.6 is 0 Å². The van der Waals surface area contributed by atoms with Gasteiger partial charge in [0.2, 0.25) is 11.7 Å². The highest BCUT2D eigenvalue weighted by molar-refractivity contribution is 5.81. The first-order valence-corrected chi connectivity index (χ1v) is 6.71. The second-order valence-corrected chi connectivity index (χ2v) is 5.70. The second-order valence-electron chi connectivity index (χ2n) is 5.70. The number of halogens is 1. The van der Waals surface area contributed by atoms with Crippen molar-refractivity contribution in [1.82, 2.24) is 5.32 Å². The van der Waals surface area contributed by atoms with Gasteiger partial charge in [0.05, 0.1) is 12.0 Å². The van der Waals surface area contributed by atoms with Crippen molar-refractivity contribution in [3.05, 3.63) is 28.1 Å². The lowest BCUT2D eigenvalue weighted by atomic mass is 9.96. The van der Waals surface area contributed by atoms with Crippen LogP contribution in [0, 0.1) is 21.3 Å². The van der Waals surface area contributed by atoms with Crippen LogP contribution in [0.3, 0.4) is 0 Å². The van der Waals surface area contributed by atoms with Crippen molar-refractivity contribution in [1.29, 1.82) is 0 Å². The number of nitrogens with one attached hydrogen (secondary N) is 2. The molecule has 0 aliphatic rings. The Hall–Kier alpha value is -2.38. The summed E-state index contributed by atoms with van der Waals surface area (Å²) in [5, 5.41) is 16.4. The fraction of sp³-hybridized carbons (Fsp3) is 0.500. The van der Waals surface area contributed by atoms with E-state index in [1.165, 1.54) is 13.2 Å². The lowest BCUT2D eigenvalue weighted by Crippen LogP contribution is -2.37. The summed E-state index contributed by atoms with van der Waals surface area (Å²) in [4.78, 5) is 21.8. The number of carbonyl (C=O) groups excluding carboxylic acids is 1. The molecule has 0 heterocycles. The number of hydrogen-bond donors (Lipinski definition) is 2. The quantitative estimate of drug-likeness (QED) is 0.477. The summed E-state index contributed by atoms with van der Waals surface area (Å²) < 4.78 is 18.6. The van der Waals surface area contributed by atoms with E-state index in [0.717, 1.165) is 6.07 Å². The molecular weight excluding hydrogens is 293 g/mol. The van der Waals surface area contributed by atoms with E-state index in [0.29, 0.717) is 0 Å². The number of rotatable bonds is 6. The molecule has 22 heavy (non-hydrogen) atoms. The van der Waals surface area contributed by atoms with Crippen LogP contribution < -0.4 is 15.4 Å². The van der Waals surface area contributed by atoms with Crippen LogP contribution in [0.1, 0.15) is 20.8 Å². The van der Waals surface area contributed by atoms with Crippen LogP contribution in [-0.2, 0) is 4.79 Å². The Morgan fingerprint density at radius 1 is 1.36 bits per heavy atom. The van der Waals surface area contributed by atoms with Gasteiger partial charge in [0, 0.05) is 30.6 Å². The van der Waals surface area contributed by atoms with Crippen LogP contribution in [-0.4, -0.2) is 31.0 Å². The average Bonchev–Trinajstić information content (AvgIpc) is 2.40. The minimum Gasteiger partial charge on any atom is -0.497 e. The topological polar surface area (TPSA) is 93.5 Å². The molecule has 1 aromatic rings. The average molecular weight is 313 g/mol. The second kappa shape index (κ2) is 7.06.